The number of hydrogen-bond acceptors (Lipinski definition) is 5. The molecular weight excluding hydrogens is 384 g/mol. The van der Waals surface area contributed by atoms with E-state index in [-0.39, 0.29) is 23.6 Å². The molecule has 1 amide bonds. The van der Waals surface area contributed by atoms with Crippen molar-refractivity contribution in [3.05, 3.63) is 81.9 Å². The van der Waals surface area contributed by atoms with Crippen LogP contribution in [0.4, 0.5) is 0 Å². The first-order valence-corrected chi connectivity index (χ1v) is 8.95. The summed E-state index contributed by atoms with van der Waals surface area (Å²) in [4.78, 5) is 29.1. The minimum absolute atomic E-state index is 0.0951. The van der Waals surface area contributed by atoms with Crippen LogP contribution in [0, 0.1) is 0 Å². The molecule has 1 aliphatic carbocycles. The van der Waals surface area contributed by atoms with Gasteiger partial charge in [0.2, 0.25) is 0 Å². The predicted octanol–water partition coefficient (Wildman–Crippen LogP) is 3.13. The van der Waals surface area contributed by atoms with Crippen LogP contribution in [0.3, 0.4) is 0 Å². The Morgan fingerprint density at radius 1 is 1.25 bits per heavy atom. The first kappa shape index (κ1) is 19.7. The van der Waals surface area contributed by atoms with Crippen molar-refractivity contribution in [2.45, 2.75) is 19.4 Å². The Morgan fingerprint density at radius 3 is 2.64 bits per heavy atom. The average Bonchev–Trinajstić information content (AvgIpc) is 2.67. The Hall–Kier alpha value is -3.03. The van der Waals surface area contributed by atoms with Crippen molar-refractivity contribution in [2.24, 2.45) is 0 Å². The number of hydrogen-bond donors (Lipinski definition) is 3. The van der Waals surface area contributed by atoms with Crippen molar-refractivity contribution in [3.8, 4) is 0 Å². The van der Waals surface area contributed by atoms with E-state index in [1.807, 2.05) is 30.3 Å². The summed E-state index contributed by atoms with van der Waals surface area (Å²) in [5.74, 6) is -2.19. The Bertz CT molecular complexity index is 918. The molecule has 0 radical (unpaired) electrons. The summed E-state index contributed by atoms with van der Waals surface area (Å²) >= 11 is 6.17. The van der Waals surface area contributed by atoms with Gasteiger partial charge in [-0.3, -0.25) is 14.4 Å². The highest BCUT2D eigenvalue weighted by Crippen LogP contribution is 2.40. The minimum atomic E-state index is -1.20. The number of carboxylic acids is 1. The van der Waals surface area contributed by atoms with Crippen LogP contribution in [0.25, 0.3) is 0 Å². The highest BCUT2D eigenvalue weighted by molar-refractivity contribution is 6.29. The number of rotatable bonds is 6. The Balaban J connectivity index is 1.93. The molecule has 0 unspecified atom stereocenters. The minimum Gasteiger partial charge on any atom is -0.507 e. The SMILES string of the molecule is C=C1C(C(=O)NCC(=O)O)=C(O)C2=C(C=C(Cl)CC2)N1OCc1ccccc1. The molecule has 1 aliphatic heterocycles. The van der Waals surface area contributed by atoms with Crippen LogP contribution in [0.1, 0.15) is 18.4 Å². The first-order chi connectivity index (χ1) is 13.4. The Kier molecular flexibility index (Phi) is 5.87. The molecule has 1 aromatic rings. The average molecular weight is 403 g/mol. The summed E-state index contributed by atoms with van der Waals surface area (Å²) in [6, 6.07) is 9.42. The largest absolute Gasteiger partial charge is 0.507 e. The molecule has 0 bridgehead atoms. The number of carbonyl (C=O) groups is 2. The number of allylic oxidation sites excluding steroid dienone is 3. The summed E-state index contributed by atoms with van der Waals surface area (Å²) in [6.07, 6.45) is 2.58. The maximum absolute atomic E-state index is 12.5. The van der Waals surface area contributed by atoms with Crippen LogP contribution in [-0.4, -0.2) is 33.7 Å². The van der Waals surface area contributed by atoms with Gasteiger partial charge < -0.3 is 15.5 Å². The van der Waals surface area contributed by atoms with E-state index in [0.29, 0.717) is 29.1 Å². The molecule has 0 saturated heterocycles. The van der Waals surface area contributed by atoms with Crippen molar-refractivity contribution >= 4 is 23.5 Å². The second-order valence-corrected chi connectivity index (χ2v) is 6.74. The monoisotopic (exact) mass is 402 g/mol. The van der Waals surface area contributed by atoms with E-state index in [9.17, 15) is 14.7 Å². The van der Waals surface area contributed by atoms with E-state index in [0.717, 1.165) is 5.56 Å². The normalized spacial score (nSPS) is 16.7. The number of nitrogens with zero attached hydrogens (tertiary/aromatic N) is 1. The van der Waals surface area contributed by atoms with E-state index < -0.39 is 18.4 Å². The lowest BCUT2D eigenvalue weighted by molar-refractivity contribution is -0.137. The van der Waals surface area contributed by atoms with Gasteiger partial charge in [0.15, 0.2) is 0 Å². The molecule has 8 heteroatoms. The fourth-order valence-corrected chi connectivity index (χ4v) is 3.18. The van der Waals surface area contributed by atoms with E-state index in [1.165, 1.54) is 5.06 Å². The fourth-order valence-electron chi connectivity index (χ4n) is 2.98. The van der Waals surface area contributed by atoms with Gasteiger partial charge in [0, 0.05) is 10.6 Å². The van der Waals surface area contributed by atoms with E-state index in [1.54, 1.807) is 6.08 Å². The molecule has 1 aromatic carbocycles. The highest BCUT2D eigenvalue weighted by atomic mass is 35.5. The van der Waals surface area contributed by atoms with Crippen LogP contribution < -0.4 is 5.32 Å². The standard InChI is InChI=1S/C20H19ClN2O5/c1-12-18(20(27)22-10-17(24)25)19(26)15-8-7-14(21)9-16(15)23(12)28-11-13-5-3-2-4-6-13/h2-6,9,26H,1,7-8,10-11H2,(H,22,27)(H,24,25). The van der Waals surface area contributed by atoms with Gasteiger partial charge in [-0.25, -0.2) is 5.06 Å². The zero-order valence-corrected chi connectivity index (χ0v) is 15.7. The summed E-state index contributed by atoms with van der Waals surface area (Å²) in [6.45, 7) is 3.50. The van der Waals surface area contributed by atoms with E-state index >= 15 is 0 Å². The number of aliphatic hydroxyl groups is 1. The van der Waals surface area contributed by atoms with E-state index in [4.69, 9.17) is 21.5 Å². The third-order valence-corrected chi connectivity index (χ3v) is 4.62. The summed E-state index contributed by atoms with van der Waals surface area (Å²) in [7, 11) is 0. The van der Waals surface area contributed by atoms with Gasteiger partial charge in [-0.1, -0.05) is 48.5 Å². The van der Waals surface area contributed by atoms with Gasteiger partial charge in [-0.15, -0.1) is 0 Å². The van der Waals surface area contributed by atoms with Gasteiger partial charge in [0.05, 0.1) is 11.4 Å². The predicted molar refractivity (Wildman–Crippen MR) is 103 cm³/mol. The van der Waals surface area contributed by atoms with Crippen LogP contribution in [-0.2, 0) is 21.0 Å². The van der Waals surface area contributed by atoms with Gasteiger partial charge in [-0.05, 0) is 24.5 Å². The number of benzene rings is 1. The molecule has 0 spiro atoms. The molecule has 28 heavy (non-hydrogen) atoms. The molecular formula is C20H19ClN2O5. The first-order valence-electron chi connectivity index (χ1n) is 8.57. The lowest BCUT2D eigenvalue weighted by atomic mass is 9.92. The third kappa shape index (κ3) is 4.11. The molecule has 146 valence electrons. The number of aliphatic carboxylic acids is 1. The molecule has 7 nitrogen and oxygen atoms in total. The molecule has 0 aromatic heterocycles. The lowest BCUT2D eigenvalue weighted by Crippen LogP contribution is -2.37. The Labute approximate surface area is 166 Å². The fraction of sp³-hybridized carbons (Fsp3) is 0.200. The number of nitrogens with one attached hydrogen (secondary N) is 1. The maximum Gasteiger partial charge on any atom is 0.322 e. The van der Waals surface area contributed by atoms with Crippen molar-refractivity contribution in [1.82, 2.24) is 10.4 Å². The second-order valence-electron chi connectivity index (χ2n) is 6.26. The highest BCUT2D eigenvalue weighted by Gasteiger charge is 2.35. The van der Waals surface area contributed by atoms with E-state index in [2.05, 4.69) is 11.9 Å². The molecule has 1 heterocycles. The van der Waals surface area contributed by atoms with Gasteiger partial charge in [-0.2, -0.15) is 0 Å². The van der Waals surface area contributed by atoms with Gasteiger partial charge in [0.1, 0.15) is 24.5 Å². The van der Waals surface area contributed by atoms with Crippen LogP contribution in [0.2, 0.25) is 0 Å². The van der Waals surface area contributed by atoms with Crippen molar-refractivity contribution in [3.63, 3.8) is 0 Å². The zero-order chi connectivity index (χ0) is 20.3. The summed E-state index contributed by atoms with van der Waals surface area (Å²) in [5, 5.41) is 23.6. The maximum atomic E-state index is 12.5. The third-order valence-electron chi connectivity index (χ3n) is 4.32. The Morgan fingerprint density at radius 2 is 1.96 bits per heavy atom. The van der Waals surface area contributed by atoms with Crippen LogP contribution in [0.5, 0.6) is 0 Å². The van der Waals surface area contributed by atoms with Gasteiger partial charge >= 0.3 is 5.97 Å². The smallest absolute Gasteiger partial charge is 0.322 e. The van der Waals surface area contributed by atoms with Crippen LogP contribution >= 0.6 is 11.6 Å². The van der Waals surface area contributed by atoms with Gasteiger partial charge in [0.25, 0.3) is 5.91 Å². The molecule has 3 N–H and O–H groups in total. The second kappa shape index (κ2) is 8.33. The van der Waals surface area contributed by atoms with Crippen LogP contribution in [0.15, 0.2) is 76.3 Å². The summed E-state index contributed by atoms with van der Waals surface area (Å²) in [5.41, 5.74) is 1.87. The molecule has 0 fully saturated rings. The zero-order valence-electron chi connectivity index (χ0n) is 14.9. The van der Waals surface area contributed by atoms with Crippen molar-refractivity contribution < 1.29 is 24.6 Å². The quantitative estimate of drug-likeness (QED) is 0.676. The number of aliphatic hydroxyl groups excluding tert-OH is 1. The number of carbonyl (C=O) groups excluding carboxylic acids is 1. The van der Waals surface area contributed by atoms with Crippen molar-refractivity contribution in [2.75, 3.05) is 6.54 Å². The number of hydroxylamine groups is 2. The molecule has 0 saturated carbocycles. The summed E-state index contributed by atoms with van der Waals surface area (Å²) < 4.78 is 0. The number of carboxylic acid groups (broad SMARTS) is 1. The number of halogens is 1. The lowest BCUT2D eigenvalue weighted by Gasteiger charge is -2.35. The molecule has 0 atom stereocenters. The number of amides is 1. The molecule has 3 rings (SSSR count). The molecule has 2 aliphatic rings. The van der Waals surface area contributed by atoms with Crippen molar-refractivity contribution in [1.29, 1.82) is 0 Å². The topological polar surface area (TPSA) is 99.1 Å².